The minimum Gasteiger partial charge on any atom is -0.379 e. The van der Waals surface area contributed by atoms with Crippen molar-refractivity contribution in [3.05, 3.63) is 35.9 Å². The van der Waals surface area contributed by atoms with Crippen molar-refractivity contribution in [3.8, 4) is 0 Å². The van der Waals surface area contributed by atoms with Crippen LogP contribution in [0.3, 0.4) is 0 Å². The number of hydrogen-bond acceptors (Lipinski definition) is 2. The maximum absolute atomic E-state index is 6.55. The summed E-state index contributed by atoms with van der Waals surface area (Å²) in [6, 6.07) is 11.1. The molecule has 122 valence electrons. The van der Waals surface area contributed by atoms with Gasteiger partial charge in [0.1, 0.15) is 0 Å². The molecule has 1 aromatic rings. The average Bonchev–Trinajstić information content (AvgIpc) is 2.57. The summed E-state index contributed by atoms with van der Waals surface area (Å²) in [6.45, 7) is 4.32. The summed E-state index contributed by atoms with van der Waals surface area (Å²) >= 11 is 0. The highest BCUT2D eigenvalue weighted by molar-refractivity contribution is 6.38. The molecule has 0 saturated carbocycles. The molecule has 0 N–H and O–H groups in total. The molecule has 2 aliphatic rings. The Labute approximate surface area is 141 Å². The van der Waals surface area contributed by atoms with Gasteiger partial charge in [0.2, 0.25) is 0 Å². The molecule has 3 rings (SSSR count). The predicted octanol–water partition coefficient (Wildman–Crippen LogP) is 2.26. The van der Waals surface area contributed by atoms with Crippen LogP contribution in [0.5, 0.6) is 0 Å². The summed E-state index contributed by atoms with van der Waals surface area (Å²) in [4.78, 5) is 0. The van der Waals surface area contributed by atoms with Gasteiger partial charge in [-0.15, -0.1) is 0 Å². The van der Waals surface area contributed by atoms with Crippen LogP contribution in [0.4, 0.5) is 0 Å². The number of benzene rings is 1. The molecule has 0 aliphatic carbocycles. The third kappa shape index (κ3) is 3.11. The van der Waals surface area contributed by atoms with E-state index in [1.165, 1.54) is 44.1 Å². The van der Waals surface area contributed by atoms with Crippen LogP contribution < -0.4 is 0 Å². The van der Waals surface area contributed by atoms with Crippen LogP contribution in [0, 0.1) is 0 Å². The van der Waals surface area contributed by atoms with Crippen molar-refractivity contribution < 1.29 is 10.9 Å². The molecule has 0 bridgehead atoms. The second-order valence-electron chi connectivity index (χ2n) is 7.19. The summed E-state index contributed by atoms with van der Waals surface area (Å²) in [7, 11) is 0.797. The molecular weight excluding hydrogens is 304 g/mol. The first kappa shape index (κ1) is 16.4. The van der Waals surface area contributed by atoms with Gasteiger partial charge in [-0.1, -0.05) is 36.9 Å². The Bertz CT molecular complexity index is 471. The van der Waals surface area contributed by atoms with Gasteiger partial charge in [0.05, 0.1) is 20.0 Å². The SMILES string of the molecule is C[SiH2]C1(C(c2ccccc2)C2([SiH3])CCCCO2)CCCCO1.[H+]. The zero-order valence-corrected chi connectivity index (χ0v) is 17.6. The molecule has 0 spiro atoms. The topological polar surface area (TPSA) is 18.5 Å². The van der Waals surface area contributed by atoms with E-state index in [2.05, 4.69) is 36.9 Å². The van der Waals surface area contributed by atoms with E-state index >= 15 is 0 Å². The van der Waals surface area contributed by atoms with Crippen molar-refractivity contribution in [2.24, 2.45) is 0 Å². The monoisotopic (exact) mass is 335 g/mol. The van der Waals surface area contributed by atoms with Crippen LogP contribution in [-0.2, 0) is 9.47 Å². The largest absolute Gasteiger partial charge is 1.00 e. The smallest absolute Gasteiger partial charge is 0.379 e. The number of hydrogen-bond donors (Lipinski definition) is 0. The highest BCUT2D eigenvalue weighted by atomic mass is 28.2. The fourth-order valence-electron chi connectivity index (χ4n) is 4.63. The van der Waals surface area contributed by atoms with E-state index in [0.29, 0.717) is 5.92 Å². The zero-order valence-electron chi connectivity index (χ0n) is 15.1. The minimum atomic E-state index is -0.292. The van der Waals surface area contributed by atoms with Crippen LogP contribution in [0.25, 0.3) is 0 Å². The van der Waals surface area contributed by atoms with E-state index in [0.717, 1.165) is 23.5 Å². The molecule has 2 aliphatic heterocycles. The van der Waals surface area contributed by atoms with Gasteiger partial charge in [0.15, 0.2) is 0 Å². The fourth-order valence-corrected chi connectivity index (χ4v) is 8.48. The molecule has 1 aromatic carbocycles. The van der Waals surface area contributed by atoms with Crippen LogP contribution >= 0.6 is 0 Å². The van der Waals surface area contributed by atoms with Gasteiger partial charge in [-0.2, -0.15) is 0 Å². The Kier molecular flexibility index (Phi) is 5.22. The number of rotatable bonds is 4. The van der Waals surface area contributed by atoms with E-state index < -0.39 is 0 Å². The first-order valence-corrected chi connectivity index (χ1v) is 12.2. The van der Waals surface area contributed by atoms with Crippen LogP contribution in [0.2, 0.25) is 6.55 Å². The Morgan fingerprint density at radius 2 is 1.73 bits per heavy atom. The first-order valence-electron chi connectivity index (χ1n) is 9.03. The molecule has 2 saturated heterocycles. The fraction of sp³-hybridized carbons (Fsp3) is 0.667. The predicted molar refractivity (Wildman–Crippen MR) is 99.7 cm³/mol. The average molecular weight is 336 g/mol. The van der Waals surface area contributed by atoms with Crippen molar-refractivity contribution >= 4 is 19.8 Å². The van der Waals surface area contributed by atoms with E-state index in [1.807, 2.05) is 0 Å². The van der Waals surface area contributed by atoms with Crippen molar-refractivity contribution in [3.63, 3.8) is 0 Å². The molecule has 0 aromatic heterocycles. The summed E-state index contributed by atoms with van der Waals surface area (Å²) in [5.41, 5.74) is 1.45. The summed E-state index contributed by atoms with van der Waals surface area (Å²) in [5.74, 6) is 0.449. The summed E-state index contributed by atoms with van der Waals surface area (Å²) in [6.07, 6.45) is 7.55. The standard InChI is InChI=1S/C18H30O2Si2/c1-22-18(12-6-8-14-20-18)16(15-9-3-2-4-10-15)17(21)11-5-7-13-19-17/h2-4,9-10,16H,5-8,11-14,22H2,1,21H3/p+1. The van der Waals surface area contributed by atoms with E-state index in [4.69, 9.17) is 9.47 Å². The minimum absolute atomic E-state index is 0. The third-order valence-corrected chi connectivity index (χ3v) is 9.28. The van der Waals surface area contributed by atoms with E-state index in [9.17, 15) is 0 Å². The highest BCUT2D eigenvalue weighted by Crippen LogP contribution is 2.47. The lowest BCUT2D eigenvalue weighted by Crippen LogP contribution is -2.58. The Morgan fingerprint density at radius 1 is 1.05 bits per heavy atom. The molecule has 4 heteroatoms. The maximum Gasteiger partial charge on any atom is 1.00 e. The highest BCUT2D eigenvalue weighted by Gasteiger charge is 2.50. The lowest BCUT2D eigenvalue weighted by atomic mass is 9.80. The molecule has 0 amide bonds. The van der Waals surface area contributed by atoms with Gasteiger partial charge in [-0.25, -0.2) is 0 Å². The Balaban J connectivity index is 0.00000192. The second kappa shape index (κ2) is 6.99. The van der Waals surface area contributed by atoms with Gasteiger partial charge < -0.3 is 9.47 Å². The summed E-state index contributed by atoms with van der Waals surface area (Å²) in [5, 5.41) is 0.179. The van der Waals surface area contributed by atoms with Crippen molar-refractivity contribution in [1.82, 2.24) is 0 Å². The van der Waals surface area contributed by atoms with Crippen molar-refractivity contribution in [1.29, 1.82) is 0 Å². The molecule has 2 nitrogen and oxygen atoms in total. The molecule has 22 heavy (non-hydrogen) atoms. The molecule has 0 radical (unpaired) electrons. The summed E-state index contributed by atoms with van der Waals surface area (Å²) < 4.78 is 13.0. The Hall–Kier alpha value is -0.426. The molecule has 2 fully saturated rings. The zero-order chi connectivity index (χ0) is 15.5. The van der Waals surface area contributed by atoms with Crippen molar-refractivity contribution in [2.75, 3.05) is 13.2 Å². The lowest BCUT2D eigenvalue weighted by Gasteiger charge is -2.52. The lowest BCUT2D eigenvalue weighted by molar-refractivity contribution is -0.111. The van der Waals surface area contributed by atoms with Gasteiger partial charge >= 0.3 is 1.43 Å². The van der Waals surface area contributed by atoms with E-state index in [1.54, 1.807) is 0 Å². The maximum atomic E-state index is 6.55. The second-order valence-corrected chi connectivity index (χ2v) is 10.8. The first-order chi connectivity index (χ1) is 10.7. The normalized spacial score (nSPS) is 35.0. The van der Waals surface area contributed by atoms with Crippen molar-refractivity contribution in [2.45, 2.75) is 61.4 Å². The molecule has 3 atom stereocenters. The number of ether oxygens (including phenoxy) is 2. The quantitative estimate of drug-likeness (QED) is 0.786. The van der Waals surface area contributed by atoms with E-state index in [-0.39, 0.29) is 21.4 Å². The Morgan fingerprint density at radius 3 is 2.27 bits per heavy atom. The van der Waals surface area contributed by atoms with Crippen LogP contribution in [0.15, 0.2) is 30.3 Å². The van der Waals surface area contributed by atoms with Crippen LogP contribution in [-0.4, -0.2) is 43.4 Å². The van der Waals surface area contributed by atoms with Gasteiger partial charge in [0, 0.05) is 29.4 Å². The molecule has 2 heterocycles. The van der Waals surface area contributed by atoms with Gasteiger partial charge in [0.25, 0.3) is 0 Å². The molecular formula is C18H31O2Si2+. The van der Waals surface area contributed by atoms with Gasteiger partial charge in [-0.05, 0) is 44.1 Å². The third-order valence-electron chi connectivity index (χ3n) is 5.75. The molecule has 3 unspecified atom stereocenters. The van der Waals surface area contributed by atoms with Gasteiger partial charge in [-0.3, -0.25) is 0 Å². The van der Waals surface area contributed by atoms with Crippen LogP contribution in [0.1, 0.15) is 51.4 Å².